The highest BCUT2D eigenvalue weighted by Crippen LogP contribution is 2.14. The van der Waals surface area contributed by atoms with E-state index < -0.39 is 5.60 Å². The number of rotatable bonds is 7. The molecule has 0 aromatic heterocycles. The number of carbonyl (C=O) groups is 1. The van der Waals surface area contributed by atoms with Crippen LogP contribution in [0.25, 0.3) is 0 Å². The molecule has 0 aliphatic carbocycles. The Hall–Kier alpha value is -1.35. The quantitative estimate of drug-likeness (QED) is 0.612. The minimum Gasteiger partial charge on any atom is -0.460 e. The van der Waals surface area contributed by atoms with Crippen LogP contribution in [0.15, 0.2) is 30.3 Å². The number of esters is 1. The standard InChI is InChI=1S/C17H27NO2/c1-14(16(19)20-17(2,3)4)9-8-12-18-13-15-10-6-5-7-11-15/h5-7,10-11,14,18H,8-9,12-13H2,1-4H3. The minimum absolute atomic E-state index is 0.0345. The molecule has 1 aromatic rings. The fourth-order valence-corrected chi connectivity index (χ4v) is 1.88. The number of ether oxygens (including phenoxy) is 1. The van der Waals surface area contributed by atoms with Crippen LogP contribution in [0, 0.1) is 5.92 Å². The normalized spacial score (nSPS) is 13.0. The van der Waals surface area contributed by atoms with Gasteiger partial charge in [-0.25, -0.2) is 0 Å². The summed E-state index contributed by atoms with van der Waals surface area (Å²) in [5.74, 6) is -0.131. The monoisotopic (exact) mass is 277 g/mol. The SMILES string of the molecule is CC(CCCNCc1ccccc1)C(=O)OC(C)(C)C. The topological polar surface area (TPSA) is 38.3 Å². The van der Waals surface area contributed by atoms with Gasteiger partial charge in [0.05, 0.1) is 5.92 Å². The Bertz CT molecular complexity index is 395. The third-order valence-electron chi connectivity index (χ3n) is 2.97. The van der Waals surface area contributed by atoms with Crippen LogP contribution in [0.1, 0.15) is 46.1 Å². The third-order valence-corrected chi connectivity index (χ3v) is 2.97. The maximum Gasteiger partial charge on any atom is 0.309 e. The van der Waals surface area contributed by atoms with Gasteiger partial charge < -0.3 is 10.1 Å². The number of benzene rings is 1. The molecular weight excluding hydrogens is 250 g/mol. The van der Waals surface area contributed by atoms with E-state index >= 15 is 0 Å². The van der Waals surface area contributed by atoms with Gasteiger partial charge in [-0.05, 0) is 45.7 Å². The second-order valence-electron chi connectivity index (χ2n) is 6.24. The molecule has 0 spiro atoms. The van der Waals surface area contributed by atoms with Crippen molar-refractivity contribution in [2.75, 3.05) is 6.54 Å². The molecular formula is C17H27NO2. The Morgan fingerprint density at radius 2 is 1.90 bits per heavy atom. The van der Waals surface area contributed by atoms with Gasteiger partial charge in [0.25, 0.3) is 0 Å². The van der Waals surface area contributed by atoms with Gasteiger partial charge in [0.1, 0.15) is 5.60 Å². The van der Waals surface area contributed by atoms with Crippen molar-refractivity contribution < 1.29 is 9.53 Å². The Kier molecular flexibility index (Phi) is 6.73. The van der Waals surface area contributed by atoms with Gasteiger partial charge >= 0.3 is 5.97 Å². The molecule has 0 aliphatic rings. The van der Waals surface area contributed by atoms with Crippen LogP contribution in [-0.2, 0) is 16.1 Å². The third kappa shape index (κ3) is 7.29. The Labute approximate surface area is 122 Å². The lowest BCUT2D eigenvalue weighted by atomic mass is 10.1. The fraction of sp³-hybridized carbons (Fsp3) is 0.588. The van der Waals surface area contributed by atoms with E-state index in [1.807, 2.05) is 45.9 Å². The number of hydrogen-bond donors (Lipinski definition) is 1. The van der Waals surface area contributed by atoms with Crippen LogP contribution in [-0.4, -0.2) is 18.1 Å². The van der Waals surface area contributed by atoms with Gasteiger partial charge in [-0.3, -0.25) is 4.79 Å². The van der Waals surface area contributed by atoms with Crippen LogP contribution in [0.3, 0.4) is 0 Å². The predicted octanol–water partition coefficient (Wildman–Crippen LogP) is 3.53. The van der Waals surface area contributed by atoms with Crippen molar-refractivity contribution in [2.45, 2.75) is 52.7 Å². The molecule has 0 radical (unpaired) electrons. The summed E-state index contributed by atoms with van der Waals surface area (Å²) in [5.41, 5.74) is 0.893. The van der Waals surface area contributed by atoms with Crippen LogP contribution in [0.4, 0.5) is 0 Å². The van der Waals surface area contributed by atoms with Crippen molar-refractivity contribution in [2.24, 2.45) is 5.92 Å². The summed E-state index contributed by atoms with van der Waals surface area (Å²) in [7, 11) is 0. The highest BCUT2D eigenvalue weighted by Gasteiger charge is 2.21. The van der Waals surface area contributed by atoms with Crippen molar-refractivity contribution >= 4 is 5.97 Å². The first-order chi connectivity index (χ1) is 9.38. The van der Waals surface area contributed by atoms with Gasteiger partial charge in [0, 0.05) is 6.54 Å². The number of nitrogens with one attached hydrogen (secondary N) is 1. The minimum atomic E-state index is -0.392. The Morgan fingerprint density at radius 3 is 2.50 bits per heavy atom. The Balaban J connectivity index is 2.13. The maximum atomic E-state index is 11.8. The smallest absolute Gasteiger partial charge is 0.309 e. The zero-order valence-electron chi connectivity index (χ0n) is 13.1. The van der Waals surface area contributed by atoms with Crippen LogP contribution in [0.2, 0.25) is 0 Å². The fourth-order valence-electron chi connectivity index (χ4n) is 1.88. The molecule has 3 nitrogen and oxygen atoms in total. The van der Waals surface area contributed by atoms with Crippen molar-refractivity contribution in [1.82, 2.24) is 5.32 Å². The van der Waals surface area contributed by atoms with Crippen molar-refractivity contribution in [3.8, 4) is 0 Å². The first-order valence-electron chi connectivity index (χ1n) is 7.36. The highest BCUT2D eigenvalue weighted by molar-refractivity contribution is 5.72. The molecule has 1 rings (SSSR count). The molecule has 0 bridgehead atoms. The van der Waals surface area contributed by atoms with E-state index in [0.29, 0.717) is 0 Å². The average Bonchev–Trinajstić information content (AvgIpc) is 2.37. The lowest BCUT2D eigenvalue weighted by molar-refractivity contribution is -0.159. The molecule has 1 aromatic carbocycles. The van der Waals surface area contributed by atoms with E-state index in [9.17, 15) is 4.79 Å². The van der Waals surface area contributed by atoms with E-state index in [0.717, 1.165) is 25.9 Å². The van der Waals surface area contributed by atoms with E-state index in [4.69, 9.17) is 4.74 Å². The van der Waals surface area contributed by atoms with E-state index in [1.165, 1.54) is 5.56 Å². The zero-order valence-corrected chi connectivity index (χ0v) is 13.1. The molecule has 1 atom stereocenters. The summed E-state index contributed by atoms with van der Waals surface area (Å²) < 4.78 is 5.37. The van der Waals surface area contributed by atoms with Crippen molar-refractivity contribution in [3.63, 3.8) is 0 Å². The highest BCUT2D eigenvalue weighted by atomic mass is 16.6. The van der Waals surface area contributed by atoms with E-state index in [1.54, 1.807) is 0 Å². The Morgan fingerprint density at radius 1 is 1.25 bits per heavy atom. The van der Waals surface area contributed by atoms with Crippen molar-refractivity contribution in [3.05, 3.63) is 35.9 Å². The average molecular weight is 277 g/mol. The summed E-state index contributed by atoms with van der Waals surface area (Å²) >= 11 is 0. The lowest BCUT2D eigenvalue weighted by Crippen LogP contribution is -2.28. The van der Waals surface area contributed by atoms with Gasteiger partial charge in [-0.1, -0.05) is 37.3 Å². The van der Waals surface area contributed by atoms with E-state index in [2.05, 4.69) is 17.4 Å². The summed E-state index contributed by atoms with van der Waals surface area (Å²) in [6.45, 7) is 9.44. The molecule has 1 unspecified atom stereocenters. The molecule has 1 N–H and O–H groups in total. The first-order valence-corrected chi connectivity index (χ1v) is 7.36. The summed E-state index contributed by atoms with van der Waals surface area (Å²) in [4.78, 5) is 11.8. The first kappa shape index (κ1) is 16.7. The van der Waals surface area contributed by atoms with Crippen LogP contribution >= 0.6 is 0 Å². The van der Waals surface area contributed by atoms with Gasteiger partial charge in [0.2, 0.25) is 0 Å². The molecule has 3 heteroatoms. The van der Waals surface area contributed by atoms with Crippen molar-refractivity contribution in [1.29, 1.82) is 0 Å². The maximum absolute atomic E-state index is 11.8. The summed E-state index contributed by atoms with van der Waals surface area (Å²) in [6.07, 6.45) is 1.84. The summed E-state index contributed by atoms with van der Waals surface area (Å²) in [6, 6.07) is 10.3. The predicted molar refractivity (Wildman–Crippen MR) is 82.4 cm³/mol. The van der Waals surface area contributed by atoms with Gasteiger partial charge in [-0.2, -0.15) is 0 Å². The molecule has 0 fully saturated rings. The zero-order chi connectivity index (χ0) is 15.0. The molecule has 20 heavy (non-hydrogen) atoms. The van der Waals surface area contributed by atoms with E-state index in [-0.39, 0.29) is 11.9 Å². The van der Waals surface area contributed by atoms with Crippen LogP contribution < -0.4 is 5.32 Å². The second-order valence-corrected chi connectivity index (χ2v) is 6.24. The molecule has 0 amide bonds. The molecule has 0 saturated carbocycles. The summed E-state index contributed by atoms with van der Waals surface area (Å²) in [5, 5.41) is 3.39. The molecule has 0 heterocycles. The van der Waals surface area contributed by atoms with Gasteiger partial charge in [0.15, 0.2) is 0 Å². The lowest BCUT2D eigenvalue weighted by Gasteiger charge is -2.22. The molecule has 112 valence electrons. The molecule has 0 saturated heterocycles. The van der Waals surface area contributed by atoms with Gasteiger partial charge in [-0.15, -0.1) is 0 Å². The largest absolute Gasteiger partial charge is 0.460 e. The molecule has 0 aliphatic heterocycles. The second kappa shape index (κ2) is 8.05. The number of carbonyl (C=O) groups excluding carboxylic acids is 1. The number of hydrogen-bond acceptors (Lipinski definition) is 3. The van der Waals surface area contributed by atoms with Crippen LogP contribution in [0.5, 0.6) is 0 Å².